The maximum Gasteiger partial charge on any atom is 0.0798 e. The van der Waals surface area contributed by atoms with Crippen LogP contribution in [0.3, 0.4) is 0 Å². The van der Waals surface area contributed by atoms with Crippen molar-refractivity contribution in [3.63, 3.8) is 0 Å². The average Bonchev–Trinajstić information content (AvgIpc) is 2.70. The van der Waals surface area contributed by atoms with Gasteiger partial charge < -0.3 is 10.2 Å². The first-order valence-corrected chi connectivity index (χ1v) is 7.03. The van der Waals surface area contributed by atoms with Gasteiger partial charge >= 0.3 is 0 Å². The molecule has 2 rings (SSSR count). The number of nitrogens with zero attached hydrogens (tertiary/aromatic N) is 3. The number of hydrogen-bond donors (Lipinski definition) is 1. The molecule has 17 heavy (non-hydrogen) atoms. The molecule has 1 aliphatic rings. The highest BCUT2D eigenvalue weighted by atomic mass is 32.1. The van der Waals surface area contributed by atoms with E-state index in [9.17, 15) is 0 Å². The van der Waals surface area contributed by atoms with E-state index < -0.39 is 0 Å². The fourth-order valence-electron chi connectivity index (χ4n) is 2.17. The molecular weight excluding hydrogens is 232 g/mol. The third-order valence-corrected chi connectivity index (χ3v) is 4.43. The number of hydrogen-bond acceptors (Lipinski definition) is 5. The molecule has 1 N–H and O–H groups in total. The Labute approximate surface area is 108 Å². The second-order valence-electron chi connectivity index (χ2n) is 4.89. The lowest BCUT2D eigenvalue weighted by Gasteiger charge is -2.37. The molecule has 0 spiro atoms. The molecule has 1 aromatic rings. The van der Waals surface area contributed by atoms with Crippen molar-refractivity contribution in [2.24, 2.45) is 0 Å². The number of piperazine rings is 1. The summed E-state index contributed by atoms with van der Waals surface area (Å²) < 4.78 is 0. The van der Waals surface area contributed by atoms with Gasteiger partial charge in [-0.15, -0.1) is 11.3 Å². The molecule has 96 valence electrons. The fraction of sp³-hybridized carbons (Fsp3) is 0.750. The largest absolute Gasteiger partial charge is 0.310 e. The smallest absolute Gasteiger partial charge is 0.0798 e. The Kier molecular flexibility index (Phi) is 4.50. The molecule has 5 heteroatoms. The summed E-state index contributed by atoms with van der Waals surface area (Å²) in [5.74, 6) is 0. The molecule has 0 saturated carbocycles. The number of rotatable bonds is 4. The van der Waals surface area contributed by atoms with Crippen LogP contribution in [0.15, 0.2) is 5.51 Å². The Morgan fingerprint density at radius 2 is 2.29 bits per heavy atom. The van der Waals surface area contributed by atoms with Gasteiger partial charge in [-0.3, -0.25) is 4.90 Å². The predicted octanol–water partition coefficient (Wildman–Crippen LogP) is 0.787. The van der Waals surface area contributed by atoms with Gasteiger partial charge in [0, 0.05) is 43.6 Å². The number of thiazole rings is 1. The van der Waals surface area contributed by atoms with Crippen LogP contribution in [-0.2, 0) is 6.54 Å². The van der Waals surface area contributed by atoms with Crippen LogP contribution >= 0.6 is 11.3 Å². The Morgan fingerprint density at radius 1 is 1.47 bits per heavy atom. The molecule has 0 aromatic carbocycles. The first kappa shape index (κ1) is 13.0. The third-order valence-electron chi connectivity index (χ3n) is 3.49. The van der Waals surface area contributed by atoms with E-state index >= 15 is 0 Å². The summed E-state index contributed by atoms with van der Waals surface area (Å²) in [6.07, 6.45) is 0. The van der Waals surface area contributed by atoms with Crippen LogP contribution in [0.25, 0.3) is 0 Å². The Morgan fingerprint density at radius 3 is 3.00 bits per heavy atom. The molecule has 2 heterocycles. The minimum absolute atomic E-state index is 0.627. The second kappa shape index (κ2) is 5.91. The van der Waals surface area contributed by atoms with Crippen LogP contribution in [0.5, 0.6) is 0 Å². The SMILES string of the molecule is Cc1ncsc1CNCC1CN(C)CCN1C. The van der Waals surface area contributed by atoms with Gasteiger partial charge in [0.15, 0.2) is 0 Å². The van der Waals surface area contributed by atoms with E-state index in [1.165, 1.54) is 18.0 Å². The molecule has 0 bridgehead atoms. The zero-order valence-electron chi connectivity index (χ0n) is 10.9. The summed E-state index contributed by atoms with van der Waals surface area (Å²) in [6, 6.07) is 0.627. The van der Waals surface area contributed by atoms with E-state index in [-0.39, 0.29) is 0 Å². The topological polar surface area (TPSA) is 31.4 Å². The van der Waals surface area contributed by atoms with E-state index in [0.29, 0.717) is 6.04 Å². The van der Waals surface area contributed by atoms with E-state index in [2.05, 4.69) is 41.1 Å². The summed E-state index contributed by atoms with van der Waals surface area (Å²) in [5.41, 5.74) is 3.09. The highest BCUT2D eigenvalue weighted by Crippen LogP contribution is 2.11. The second-order valence-corrected chi connectivity index (χ2v) is 5.83. The molecule has 0 amide bonds. The van der Waals surface area contributed by atoms with Gasteiger partial charge in [-0.05, 0) is 21.0 Å². The molecule has 1 saturated heterocycles. The summed E-state index contributed by atoms with van der Waals surface area (Å²) in [5, 5.41) is 3.55. The lowest BCUT2D eigenvalue weighted by atomic mass is 10.2. The molecule has 1 aromatic heterocycles. The van der Waals surface area contributed by atoms with Crippen molar-refractivity contribution in [3.8, 4) is 0 Å². The van der Waals surface area contributed by atoms with E-state index in [1.807, 2.05) is 5.51 Å². The molecule has 0 radical (unpaired) electrons. The number of aryl methyl sites for hydroxylation is 1. The normalized spacial score (nSPS) is 23.1. The van der Waals surface area contributed by atoms with Gasteiger partial charge in [0.2, 0.25) is 0 Å². The van der Waals surface area contributed by atoms with Crippen molar-refractivity contribution in [2.75, 3.05) is 40.3 Å². The molecular formula is C12H22N4S. The minimum Gasteiger partial charge on any atom is -0.310 e. The standard InChI is InChI=1S/C12H22N4S/c1-10-12(17-9-14-10)7-13-6-11-8-15(2)4-5-16(11)3/h9,11,13H,4-8H2,1-3H3. The van der Waals surface area contributed by atoms with Crippen LogP contribution in [0.4, 0.5) is 0 Å². The molecule has 0 aliphatic carbocycles. The van der Waals surface area contributed by atoms with Crippen LogP contribution in [0.1, 0.15) is 10.6 Å². The van der Waals surface area contributed by atoms with Crippen molar-refractivity contribution in [3.05, 3.63) is 16.1 Å². The first-order valence-electron chi connectivity index (χ1n) is 6.15. The summed E-state index contributed by atoms with van der Waals surface area (Å²) in [4.78, 5) is 10.5. The summed E-state index contributed by atoms with van der Waals surface area (Å²) >= 11 is 1.74. The van der Waals surface area contributed by atoms with Gasteiger partial charge in [-0.25, -0.2) is 4.98 Å². The van der Waals surface area contributed by atoms with Gasteiger partial charge in [0.05, 0.1) is 11.2 Å². The Bertz CT molecular complexity index is 352. The molecule has 1 atom stereocenters. The number of nitrogens with one attached hydrogen (secondary N) is 1. The van der Waals surface area contributed by atoms with Crippen LogP contribution in [0.2, 0.25) is 0 Å². The molecule has 4 nitrogen and oxygen atoms in total. The van der Waals surface area contributed by atoms with E-state index in [0.717, 1.165) is 25.3 Å². The maximum absolute atomic E-state index is 4.27. The fourth-order valence-corrected chi connectivity index (χ4v) is 2.92. The lowest BCUT2D eigenvalue weighted by molar-refractivity contribution is 0.113. The summed E-state index contributed by atoms with van der Waals surface area (Å²) in [6.45, 7) is 7.59. The maximum atomic E-state index is 4.27. The quantitative estimate of drug-likeness (QED) is 0.861. The monoisotopic (exact) mass is 254 g/mol. The number of aromatic nitrogens is 1. The molecule has 1 fully saturated rings. The van der Waals surface area contributed by atoms with E-state index in [1.54, 1.807) is 11.3 Å². The van der Waals surface area contributed by atoms with Gasteiger partial charge in [0.25, 0.3) is 0 Å². The predicted molar refractivity (Wildman–Crippen MR) is 72.5 cm³/mol. The van der Waals surface area contributed by atoms with Crippen molar-refractivity contribution >= 4 is 11.3 Å². The lowest BCUT2D eigenvalue weighted by Crippen LogP contribution is -2.53. The Hall–Kier alpha value is -0.490. The van der Waals surface area contributed by atoms with Gasteiger partial charge in [-0.1, -0.05) is 0 Å². The van der Waals surface area contributed by atoms with Crippen LogP contribution in [0, 0.1) is 6.92 Å². The van der Waals surface area contributed by atoms with Crippen molar-refractivity contribution < 1.29 is 0 Å². The van der Waals surface area contributed by atoms with Gasteiger partial charge in [-0.2, -0.15) is 0 Å². The third kappa shape index (κ3) is 3.48. The minimum atomic E-state index is 0.627. The Balaban J connectivity index is 1.76. The number of likely N-dealkylation sites (N-methyl/N-ethyl adjacent to an activating group) is 2. The summed E-state index contributed by atoms with van der Waals surface area (Å²) in [7, 11) is 4.42. The van der Waals surface area contributed by atoms with Crippen molar-refractivity contribution in [1.82, 2.24) is 20.1 Å². The average molecular weight is 254 g/mol. The van der Waals surface area contributed by atoms with E-state index in [4.69, 9.17) is 0 Å². The zero-order valence-corrected chi connectivity index (χ0v) is 11.8. The molecule has 1 aliphatic heterocycles. The highest BCUT2D eigenvalue weighted by Gasteiger charge is 2.21. The van der Waals surface area contributed by atoms with Crippen molar-refractivity contribution in [2.45, 2.75) is 19.5 Å². The van der Waals surface area contributed by atoms with Crippen LogP contribution in [-0.4, -0.2) is 61.1 Å². The van der Waals surface area contributed by atoms with Crippen molar-refractivity contribution in [1.29, 1.82) is 0 Å². The molecule has 1 unspecified atom stereocenters. The zero-order chi connectivity index (χ0) is 12.3. The highest BCUT2D eigenvalue weighted by molar-refractivity contribution is 7.09. The first-order chi connectivity index (χ1) is 8.16. The van der Waals surface area contributed by atoms with Gasteiger partial charge in [0.1, 0.15) is 0 Å². The van der Waals surface area contributed by atoms with Crippen LogP contribution < -0.4 is 5.32 Å².